The summed E-state index contributed by atoms with van der Waals surface area (Å²) >= 11 is 0. The zero-order chi connectivity index (χ0) is 33.6. The molecule has 240 valence electrons. The maximum Gasteiger partial charge on any atom is 0.136 e. The second kappa shape index (κ2) is 10.6. The first-order chi connectivity index (χ1) is 25.2. The summed E-state index contributed by atoms with van der Waals surface area (Å²) in [4.78, 5) is 0. The Morgan fingerprint density at radius 3 is 1.67 bits per heavy atom. The third kappa shape index (κ3) is 4.33. The minimum atomic E-state index is 0.815. The largest absolute Gasteiger partial charge is 0.457 e. The van der Waals surface area contributed by atoms with Crippen LogP contribution in [0.5, 0.6) is 0 Å². The van der Waals surface area contributed by atoms with Crippen molar-refractivity contribution in [3.05, 3.63) is 151 Å². The van der Waals surface area contributed by atoms with E-state index in [0.717, 1.165) is 105 Å². The monoisotopic (exact) mass is 656 g/mol. The normalized spacial score (nSPS) is 12.6. The predicted molar refractivity (Wildman–Crippen MR) is 210 cm³/mol. The molecule has 0 bridgehead atoms. The number of hydrogen-bond donors (Lipinski definition) is 0. The Bertz CT molecular complexity index is 3260. The Hall–Kier alpha value is -6.78. The number of rotatable bonds is 4. The van der Waals surface area contributed by atoms with E-state index in [4.69, 9.17) is 17.7 Å². The van der Waals surface area contributed by atoms with Crippen LogP contribution >= 0.6 is 0 Å². The van der Waals surface area contributed by atoms with Gasteiger partial charge in [0.15, 0.2) is 0 Å². The molecule has 0 atom stereocenters. The molecule has 0 saturated heterocycles. The quantitative estimate of drug-likeness (QED) is 0.177. The van der Waals surface area contributed by atoms with Gasteiger partial charge in [-0.25, -0.2) is 0 Å². The average Bonchev–Trinajstić information content (AvgIpc) is 3.93. The first kappa shape index (κ1) is 28.1. The lowest BCUT2D eigenvalue weighted by Crippen LogP contribution is -1.82. The highest BCUT2D eigenvalue weighted by Crippen LogP contribution is 2.40. The molecule has 0 aliphatic heterocycles. The molecule has 11 aromatic rings. The fourth-order valence-electron chi connectivity index (χ4n) is 7.71. The third-order valence-corrected chi connectivity index (χ3v) is 10.2. The van der Waals surface area contributed by atoms with Crippen molar-refractivity contribution < 1.29 is 17.7 Å². The van der Waals surface area contributed by atoms with Crippen molar-refractivity contribution in [2.75, 3.05) is 0 Å². The van der Waals surface area contributed by atoms with Crippen LogP contribution in [0, 0.1) is 0 Å². The Morgan fingerprint density at radius 2 is 0.902 bits per heavy atom. The lowest BCUT2D eigenvalue weighted by atomic mass is 9.96. The highest BCUT2D eigenvalue weighted by Gasteiger charge is 2.16. The smallest absolute Gasteiger partial charge is 0.136 e. The molecule has 0 N–H and O–H groups in total. The van der Waals surface area contributed by atoms with Crippen LogP contribution < -0.4 is 0 Å². The first-order valence-corrected chi connectivity index (χ1v) is 17.2. The van der Waals surface area contributed by atoms with Crippen molar-refractivity contribution >= 4 is 93.6 Å². The number of allylic oxidation sites excluding steroid dienone is 3. The average molecular weight is 657 g/mol. The van der Waals surface area contributed by atoms with E-state index >= 15 is 0 Å². The number of furan rings is 4. The van der Waals surface area contributed by atoms with E-state index in [9.17, 15) is 0 Å². The number of hydrogen-bond acceptors (Lipinski definition) is 4. The molecule has 0 radical (unpaired) electrons. The summed E-state index contributed by atoms with van der Waals surface area (Å²) in [5.74, 6) is 0.815. The fourth-order valence-corrected chi connectivity index (χ4v) is 7.71. The van der Waals surface area contributed by atoms with Crippen LogP contribution in [0.15, 0.2) is 163 Å². The molecule has 11 rings (SSSR count). The van der Waals surface area contributed by atoms with Gasteiger partial charge in [-0.05, 0) is 119 Å². The lowest BCUT2D eigenvalue weighted by Gasteiger charge is -2.08. The fraction of sp³-hybridized carbons (Fsp3) is 0.0213. The molecule has 0 amide bonds. The van der Waals surface area contributed by atoms with E-state index in [1.54, 1.807) is 0 Å². The van der Waals surface area contributed by atoms with Crippen LogP contribution in [-0.4, -0.2) is 0 Å². The summed E-state index contributed by atoms with van der Waals surface area (Å²) in [6.45, 7) is 2.00. The van der Waals surface area contributed by atoms with Gasteiger partial charge in [-0.2, -0.15) is 0 Å². The molecule has 0 fully saturated rings. The second-order valence-electron chi connectivity index (χ2n) is 13.2. The van der Waals surface area contributed by atoms with E-state index in [1.807, 2.05) is 61.6 Å². The first-order valence-electron chi connectivity index (χ1n) is 17.2. The van der Waals surface area contributed by atoms with Gasteiger partial charge in [0, 0.05) is 37.7 Å². The van der Waals surface area contributed by atoms with Gasteiger partial charge < -0.3 is 17.7 Å². The van der Waals surface area contributed by atoms with Crippen molar-refractivity contribution in [1.82, 2.24) is 0 Å². The van der Waals surface area contributed by atoms with Crippen molar-refractivity contribution in [3.8, 4) is 22.3 Å². The van der Waals surface area contributed by atoms with Gasteiger partial charge in [0.1, 0.15) is 44.8 Å². The summed E-state index contributed by atoms with van der Waals surface area (Å²) in [7, 11) is 0. The third-order valence-electron chi connectivity index (χ3n) is 10.2. The van der Waals surface area contributed by atoms with Gasteiger partial charge >= 0.3 is 0 Å². The summed E-state index contributed by atoms with van der Waals surface area (Å²) in [5.41, 5.74) is 10.6. The minimum Gasteiger partial charge on any atom is -0.457 e. The SMILES string of the molecule is C/C=C\C=C/c1cc2c(ccc3oc4ccc(-c5ccc6ccc(-c7ccc8oc9cc%10c(cc9c8c7)oc7ccccc7%10)cc6c5)cc4c32)o1. The maximum absolute atomic E-state index is 6.34. The van der Waals surface area contributed by atoms with Crippen LogP contribution in [-0.2, 0) is 0 Å². The molecule has 0 aliphatic rings. The molecule has 4 aromatic heterocycles. The molecule has 7 aromatic carbocycles. The number of para-hydroxylation sites is 1. The molecular formula is C47H28O4. The van der Waals surface area contributed by atoms with Crippen LogP contribution in [0.2, 0.25) is 0 Å². The van der Waals surface area contributed by atoms with Crippen LogP contribution in [0.1, 0.15) is 12.7 Å². The molecule has 51 heavy (non-hydrogen) atoms. The minimum absolute atomic E-state index is 0.815. The van der Waals surface area contributed by atoms with Crippen molar-refractivity contribution in [2.24, 2.45) is 0 Å². The standard InChI is InChI=1S/C47H28O4/c1-2-3-4-7-33-24-39-42(48-33)18-19-44-47(39)38-23-31(15-17-43(38)49-44)29-13-11-27-10-12-28(20-32(27)21-29)30-14-16-41-35(22-30)37-26-45-36(25-46(37)51-41)34-8-5-6-9-40(34)50-45/h2-26H,1H3/b3-2-,7-4-. The molecule has 0 unspecified atom stereocenters. The number of fused-ring (bicyclic) bond motifs is 12. The second-order valence-corrected chi connectivity index (χ2v) is 13.2. The Labute approximate surface area is 291 Å². The van der Waals surface area contributed by atoms with Crippen LogP contribution in [0.4, 0.5) is 0 Å². The molecule has 0 saturated carbocycles. The Morgan fingerprint density at radius 1 is 0.373 bits per heavy atom. The van der Waals surface area contributed by atoms with Crippen molar-refractivity contribution in [2.45, 2.75) is 6.92 Å². The number of benzene rings is 7. The Kier molecular flexibility index (Phi) is 5.84. The van der Waals surface area contributed by atoms with Crippen LogP contribution in [0.25, 0.3) is 116 Å². The highest BCUT2D eigenvalue weighted by molar-refractivity contribution is 6.19. The summed E-state index contributed by atoms with van der Waals surface area (Å²) < 4.78 is 25.0. The van der Waals surface area contributed by atoms with E-state index in [-0.39, 0.29) is 0 Å². The molecule has 4 nitrogen and oxygen atoms in total. The molecule has 4 heterocycles. The van der Waals surface area contributed by atoms with Crippen LogP contribution in [0.3, 0.4) is 0 Å². The summed E-state index contributed by atoms with van der Waals surface area (Å²) in [6, 6.07) is 44.7. The van der Waals surface area contributed by atoms with Gasteiger partial charge in [0.25, 0.3) is 0 Å². The summed E-state index contributed by atoms with van der Waals surface area (Å²) in [5, 5.41) is 9.87. The zero-order valence-corrected chi connectivity index (χ0v) is 27.6. The van der Waals surface area contributed by atoms with Crippen molar-refractivity contribution in [3.63, 3.8) is 0 Å². The van der Waals surface area contributed by atoms with Gasteiger partial charge in [-0.3, -0.25) is 0 Å². The highest BCUT2D eigenvalue weighted by atomic mass is 16.3. The predicted octanol–water partition coefficient (Wildman–Crippen LogP) is 14.2. The van der Waals surface area contributed by atoms with E-state index in [0.29, 0.717) is 0 Å². The van der Waals surface area contributed by atoms with E-state index in [1.165, 1.54) is 10.8 Å². The maximum atomic E-state index is 6.34. The molecule has 0 spiro atoms. The van der Waals surface area contributed by atoms with Gasteiger partial charge in [0.05, 0.1) is 0 Å². The van der Waals surface area contributed by atoms with E-state index < -0.39 is 0 Å². The van der Waals surface area contributed by atoms with E-state index in [2.05, 4.69) is 97.1 Å². The zero-order valence-electron chi connectivity index (χ0n) is 27.6. The van der Waals surface area contributed by atoms with Gasteiger partial charge in [-0.1, -0.05) is 72.8 Å². The van der Waals surface area contributed by atoms with Gasteiger partial charge in [0.2, 0.25) is 0 Å². The Balaban J connectivity index is 1.00. The van der Waals surface area contributed by atoms with Gasteiger partial charge in [-0.15, -0.1) is 0 Å². The lowest BCUT2D eigenvalue weighted by molar-refractivity contribution is 0.604. The summed E-state index contributed by atoms with van der Waals surface area (Å²) in [6.07, 6.45) is 7.96. The topological polar surface area (TPSA) is 52.6 Å². The molecular weight excluding hydrogens is 629 g/mol. The molecule has 0 aliphatic carbocycles. The van der Waals surface area contributed by atoms with Crippen molar-refractivity contribution in [1.29, 1.82) is 0 Å². The molecule has 4 heteroatoms.